The molecule has 2 aromatic rings. The second kappa shape index (κ2) is 4.11. The summed E-state index contributed by atoms with van der Waals surface area (Å²) >= 11 is 1.77. The van der Waals surface area contributed by atoms with Crippen LogP contribution in [0.15, 0.2) is 38.4 Å². The van der Waals surface area contributed by atoms with E-state index in [-0.39, 0.29) is 10.4 Å². The van der Waals surface area contributed by atoms with Crippen LogP contribution in [-0.4, -0.2) is 4.75 Å². The van der Waals surface area contributed by atoms with Crippen LogP contribution < -0.4 is 11.4 Å². The van der Waals surface area contributed by atoms with Crippen molar-refractivity contribution >= 4 is 28.4 Å². The van der Waals surface area contributed by atoms with E-state index >= 15 is 0 Å². The molecule has 0 aliphatic heterocycles. The molecule has 1 aromatic carbocycles. The van der Waals surface area contributed by atoms with Gasteiger partial charge in [-0.3, -0.25) is 0 Å². The van der Waals surface area contributed by atoms with Crippen LogP contribution in [0.4, 0.5) is 5.69 Å². The number of fused-ring (bicyclic) bond motifs is 1. The summed E-state index contributed by atoms with van der Waals surface area (Å²) in [5.41, 5.74) is 5.79. The maximum Gasteiger partial charge on any atom is 0.359 e. The van der Waals surface area contributed by atoms with Gasteiger partial charge in [0.25, 0.3) is 0 Å². The molecule has 4 heteroatoms. The molecule has 0 spiro atoms. The van der Waals surface area contributed by atoms with E-state index in [0.717, 1.165) is 10.3 Å². The minimum Gasteiger partial charge on any atom is -0.421 e. The molecule has 0 unspecified atom stereocenters. The summed E-state index contributed by atoms with van der Waals surface area (Å²) in [5, 5.41) is 0.858. The quantitative estimate of drug-likeness (QED) is 0.622. The van der Waals surface area contributed by atoms with Crippen LogP contribution in [0.5, 0.6) is 0 Å². The highest BCUT2D eigenvalue weighted by molar-refractivity contribution is 8.00. The minimum atomic E-state index is -0.478. The number of hydrogen-bond acceptors (Lipinski definition) is 4. The van der Waals surface area contributed by atoms with Crippen LogP contribution in [0.25, 0.3) is 11.0 Å². The molecule has 1 aromatic heterocycles. The molecule has 0 radical (unpaired) electrons. The van der Waals surface area contributed by atoms with Crippen LogP contribution in [0, 0.1) is 0 Å². The highest BCUT2D eigenvalue weighted by Crippen LogP contribution is 2.33. The van der Waals surface area contributed by atoms with Gasteiger partial charge in [-0.2, -0.15) is 0 Å². The summed E-state index contributed by atoms with van der Waals surface area (Å²) in [7, 11) is 0. The molecule has 0 amide bonds. The number of thioether (sulfide) groups is 1. The Labute approximate surface area is 104 Å². The van der Waals surface area contributed by atoms with Gasteiger partial charge in [-0.1, -0.05) is 20.8 Å². The van der Waals surface area contributed by atoms with Gasteiger partial charge in [0.05, 0.1) is 0 Å². The first-order chi connectivity index (χ1) is 7.85. The fourth-order valence-electron chi connectivity index (χ4n) is 1.53. The Bertz CT molecular complexity index is 611. The molecule has 0 fully saturated rings. The fraction of sp³-hybridized carbons (Fsp3) is 0.308. The van der Waals surface area contributed by atoms with Crippen molar-refractivity contribution in [2.24, 2.45) is 0 Å². The van der Waals surface area contributed by atoms with Gasteiger partial charge in [-0.05, 0) is 24.3 Å². The number of rotatable bonds is 1. The first-order valence-corrected chi connectivity index (χ1v) is 6.19. The molecular formula is C13H15NO2S. The lowest BCUT2D eigenvalue weighted by atomic mass is 10.2. The Morgan fingerprint density at radius 2 is 1.94 bits per heavy atom. The summed E-state index contributed by atoms with van der Waals surface area (Å²) in [6.45, 7) is 6.46. The Balaban J connectivity index is 2.51. The number of anilines is 1. The van der Waals surface area contributed by atoms with Crippen LogP contribution in [0.1, 0.15) is 20.8 Å². The zero-order valence-electron chi connectivity index (χ0n) is 10.1. The van der Waals surface area contributed by atoms with Gasteiger partial charge in [-0.15, -0.1) is 11.8 Å². The standard InChI is InChI=1S/C13H15NO2S/c1-13(2,3)17-9-4-5-11-8(6-9)7-10(14)12(15)16-11/h4-7H,14H2,1-3H3. The van der Waals surface area contributed by atoms with Gasteiger partial charge in [0, 0.05) is 15.0 Å². The summed E-state index contributed by atoms with van der Waals surface area (Å²) in [5.74, 6) is 0. The maximum absolute atomic E-state index is 11.2. The van der Waals surface area contributed by atoms with E-state index in [1.54, 1.807) is 17.8 Å². The van der Waals surface area contributed by atoms with E-state index in [1.165, 1.54) is 0 Å². The molecular weight excluding hydrogens is 234 g/mol. The third-order valence-corrected chi connectivity index (χ3v) is 3.26. The molecule has 0 atom stereocenters. The van der Waals surface area contributed by atoms with Gasteiger partial charge >= 0.3 is 5.63 Å². The molecule has 17 heavy (non-hydrogen) atoms. The van der Waals surface area contributed by atoms with Crippen molar-refractivity contribution in [2.45, 2.75) is 30.4 Å². The molecule has 0 saturated heterocycles. The van der Waals surface area contributed by atoms with E-state index < -0.39 is 5.63 Å². The molecule has 0 aliphatic carbocycles. The Kier molecular flexibility index (Phi) is 2.91. The summed E-state index contributed by atoms with van der Waals surface area (Å²) in [6, 6.07) is 7.42. The highest BCUT2D eigenvalue weighted by atomic mass is 32.2. The van der Waals surface area contributed by atoms with Crippen LogP contribution in [0.2, 0.25) is 0 Å². The van der Waals surface area contributed by atoms with E-state index in [4.69, 9.17) is 10.2 Å². The van der Waals surface area contributed by atoms with Crippen molar-refractivity contribution in [3.63, 3.8) is 0 Å². The molecule has 3 nitrogen and oxygen atoms in total. The van der Waals surface area contributed by atoms with Gasteiger partial charge in [0.2, 0.25) is 0 Å². The SMILES string of the molecule is CC(C)(C)Sc1ccc2oc(=O)c(N)cc2c1. The summed E-state index contributed by atoms with van der Waals surface area (Å²) in [4.78, 5) is 12.4. The number of nitrogens with two attached hydrogens (primary N) is 1. The molecule has 0 saturated carbocycles. The van der Waals surface area contributed by atoms with Gasteiger partial charge in [0.15, 0.2) is 0 Å². The predicted octanol–water partition coefficient (Wildman–Crippen LogP) is 3.27. The third kappa shape index (κ3) is 2.82. The normalized spacial score (nSPS) is 11.9. The van der Waals surface area contributed by atoms with Crippen molar-refractivity contribution in [2.75, 3.05) is 5.73 Å². The first kappa shape index (κ1) is 12.0. The summed E-state index contributed by atoms with van der Waals surface area (Å²) < 4.78 is 5.24. The lowest BCUT2D eigenvalue weighted by molar-refractivity contribution is 0.564. The Morgan fingerprint density at radius 3 is 2.59 bits per heavy atom. The average molecular weight is 249 g/mol. The molecule has 1 heterocycles. The third-order valence-electron chi connectivity index (χ3n) is 2.15. The lowest BCUT2D eigenvalue weighted by Gasteiger charge is -2.17. The van der Waals surface area contributed by atoms with Crippen LogP contribution in [-0.2, 0) is 0 Å². The smallest absolute Gasteiger partial charge is 0.359 e. The zero-order chi connectivity index (χ0) is 12.6. The number of hydrogen-bond donors (Lipinski definition) is 1. The maximum atomic E-state index is 11.2. The fourth-order valence-corrected chi connectivity index (χ4v) is 2.56. The minimum absolute atomic E-state index is 0.148. The largest absolute Gasteiger partial charge is 0.421 e. The second-order valence-electron chi connectivity index (χ2n) is 4.90. The van der Waals surface area contributed by atoms with Crippen molar-refractivity contribution in [3.8, 4) is 0 Å². The second-order valence-corrected chi connectivity index (χ2v) is 6.80. The molecule has 90 valence electrons. The van der Waals surface area contributed by atoms with Crippen LogP contribution >= 0.6 is 11.8 Å². The number of nitrogen functional groups attached to an aromatic ring is 1. The van der Waals surface area contributed by atoms with E-state index in [9.17, 15) is 4.79 Å². The molecule has 2 N–H and O–H groups in total. The summed E-state index contributed by atoms with van der Waals surface area (Å²) in [6.07, 6.45) is 0. The molecule has 0 aliphatic rings. The van der Waals surface area contributed by atoms with Gasteiger partial charge < -0.3 is 10.2 Å². The Hall–Kier alpha value is -1.42. The van der Waals surface area contributed by atoms with Gasteiger partial charge in [0.1, 0.15) is 11.3 Å². The van der Waals surface area contributed by atoms with Crippen LogP contribution in [0.3, 0.4) is 0 Å². The molecule has 0 bridgehead atoms. The van der Waals surface area contributed by atoms with E-state index in [1.807, 2.05) is 18.2 Å². The predicted molar refractivity (Wildman–Crippen MR) is 72.5 cm³/mol. The van der Waals surface area contributed by atoms with Gasteiger partial charge in [-0.25, -0.2) is 4.79 Å². The van der Waals surface area contributed by atoms with Crippen molar-refractivity contribution < 1.29 is 4.42 Å². The van der Waals surface area contributed by atoms with E-state index in [2.05, 4.69) is 20.8 Å². The average Bonchev–Trinajstić information content (AvgIpc) is 2.18. The van der Waals surface area contributed by atoms with Crippen molar-refractivity contribution in [1.29, 1.82) is 0 Å². The first-order valence-electron chi connectivity index (χ1n) is 5.37. The number of benzene rings is 1. The van der Waals surface area contributed by atoms with Crippen molar-refractivity contribution in [3.05, 3.63) is 34.7 Å². The highest BCUT2D eigenvalue weighted by Gasteiger charge is 2.12. The monoisotopic (exact) mass is 249 g/mol. The van der Waals surface area contributed by atoms with E-state index in [0.29, 0.717) is 5.58 Å². The Morgan fingerprint density at radius 1 is 1.24 bits per heavy atom. The molecule has 2 rings (SSSR count). The zero-order valence-corrected chi connectivity index (χ0v) is 10.9. The van der Waals surface area contributed by atoms with Crippen molar-refractivity contribution in [1.82, 2.24) is 0 Å². The lowest BCUT2D eigenvalue weighted by Crippen LogP contribution is -2.07. The topological polar surface area (TPSA) is 56.2 Å².